The molecule has 0 radical (unpaired) electrons. The summed E-state index contributed by atoms with van der Waals surface area (Å²) in [6.07, 6.45) is 0. The Kier molecular flexibility index (Phi) is 6.25. The van der Waals surface area contributed by atoms with Gasteiger partial charge in [-0.1, -0.05) is 52.0 Å². The van der Waals surface area contributed by atoms with Crippen LogP contribution in [0.15, 0.2) is 70.2 Å². The van der Waals surface area contributed by atoms with E-state index in [1.54, 1.807) is 19.2 Å². The number of halogens is 1. The van der Waals surface area contributed by atoms with Crippen LogP contribution in [0.3, 0.4) is 0 Å². The molecular weight excluding hydrogens is 414 g/mol. The number of thioether (sulfide) groups is 1. The fourth-order valence-electron chi connectivity index (χ4n) is 2.25. The molecule has 2 aromatic carbocycles. The van der Waals surface area contributed by atoms with Crippen LogP contribution in [-0.4, -0.2) is 29.0 Å². The van der Waals surface area contributed by atoms with Gasteiger partial charge in [0.2, 0.25) is 5.91 Å². The molecule has 1 heterocycles. The number of benzene rings is 2. The number of ether oxygens (including phenoxy) is 1. The summed E-state index contributed by atoms with van der Waals surface area (Å²) in [5.74, 6) is 0.743. The Balaban J connectivity index is 1.57. The second kappa shape index (κ2) is 8.82. The van der Waals surface area contributed by atoms with Gasteiger partial charge in [0.15, 0.2) is 0 Å². The van der Waals surface area contributed by atoms with Gasteiger partial charge in [-0.3, -0.25) is 4.79 Å². The molecule has 0 spiro atoms. The van der Waals surface area contributed by atoms with Gasteiger partial charge in [0, 0.05) is 10.0 Å². The molecule has 0 atom stereocenters. The first-order valence-electron chi connectivity index (χ1n) is 7.81. The monoisotopic (exact) mass is 429 g/mol. The van der Waals surface area contributed by atoms with Gasteiger partial charge in [0.25, 0.3) is 0 Å². The molecule has 0 aliphatic carbocycles. The summed E-state index contributed by atoms with van der Waals surface area (Å²) in [6.45, 7) is 0. The van der Waals surface area contributed by atoms with Gasteiger partial charge in [-0.15, -0.1) is 10.2 Å². The van der Waals surface area contributed by atoms with Crippen LogP contribution >= 0.6 is 27.7 Å². The highest BCUT2D eigenvalue weighted by Gasteiger charge is 2.09. The van der Waals surface area contributed by atoms with E-state index in [2.05, 4.69) is 31.4 Å². The summed E-state index contributed by atoms with van der Waals surface area (Å²) >= 11 is 4.74. The Labute approximate surface area is 164 Å². The maximum atomic E-state index is 12.1. The first-order chi connectivity index (χ1) is 12.7. The van der Waals surface area contributed by atoms with E-state index < -0.39 is 0 Å². The molecule has 3 aromatic rings. The normalized spacial score (nSPS) is 10.4. The third-order valence-corrected chi connectivity index (χ3v) is 4.96. The predicted molar refractivity (Wildman–Crippen MR) is 108 cm³/mol. The van der Waals surface area contributed by atoms with E-state index in [1.165, 1.54) is 11.8 Å². The van der Waals surface area contributed by atoms with Gasteiger partial charge in [0.1, 0.15) is 10.8 Å². The zero-order valence-electron chi connectivity index (χ0n) is 14.0. The molecule has 0 unspecified atom stereocenters. The molecular formula is C19H16BrN3O2S. The number of para-hydroxylation sites is 2. The minimum atomic E-state index is -0.127. The van der Waals surface area contributed by atoms with E-state index in [0.717, 1.165) is 15.7 Å². The summed E-state index contributed by atoms with van der Waals surface area (Å²) in [4.78, 5) is 12.1. The van der Waals surface area contributed by atoms with Crippen molar-refractivity contribution in [2.45, 2.75) is 5.03 Å². The van der Waals surface area contributed by atoms with Gasteiger partial charge in [-0.25, -0.2) is 0 Å². The zero-order valence-corrected chi connectivity index (χ0v) is 16.4. The van der Waals surface area contributed by atoms with Crippen LogP contribution in [-0.2, 0) is 4.79 Å². The van der Waals surface area contributed by atoms with Crippen molar-refractivity contribution in [3.8, 4) is 17.0 Å². The number of nitrogens with zero attached hydrogens (tertiary/aromatic N) is 2. The molecule has 5 nitrogen and oxygen atoms in total. The van der Waals surface area contributed by atoms with Crippen LogP contribution in [0.25, 0.3) is 11.3 Å². The largest absolute Gasteiger partial charge is 0.495 e. The molecule has 0 bridgehead atoms. The summed E-state index contributed by atoms with van der Waals surface area (Å²) in [5, 5.41) is 11.9. The van der Waals surface area contributed by atoms with Crippen molar-refractivity contribution in [3.63, 3.8) is 0 Å². The maximum absolute atomic E-state index is 12.1. The van der Waals surface area contributed by atoms with Crippen molar-refractivity contribution in [1.29, 1.82) is 0 Å². The van der Waals surface area contributed by atoms with Crippen molar-refractivity contribution < 1.29 is 9.53 Å². The number of hydrogen-bond donors (Lipinski definition) is 1. The highest BCUT2D eigenvalue weighted by Crippen LogP contribution is 2.24. The molecule has 0 fully saturated rings. The molecule has 132 valence electrons. The first kappa shape index (κ1) is 18.4. The number of hydrogen-bond acceptors (Lipinski definition) is 5. The SMILES string of the molecule is COc1ccccc1NC(=O)CSc1ccc(-c2ccc(Br)cc2)nn1. The van der Waals surface area contributed by atoms with E-state index in [0.29, 0.717) is 16.5 Å². The summed E-state index contributed by atoms with van der Waals surface area (Å²) in [7, 11) is 1.57. The average Bonchev–Trinajstić information content (AvgIpc) is 2.68. The van der Waals surface area contributed by atoms with Crippen LogP contribution in [0.5, 0.6) is 5.75 Å². The third kappa shape index (κ3) is 4.83. The zero-order chi connectivity index (χ0) is 18.4. The van der Waals surface area contributed by atoms with Crippen LogP contribution in [0.2, 0.25) is 0 Å². The molecule has 1 amide bonds. The number of amides is 1. The highest BCUT2D eigenvalue weighted by atomic mass is 79.9. The summed E-state index contributed by atoms with van der Waals surface area (Å²) in [6, 6.07) is 18.9. The van der Waals surface area contributed by atoms with Crippen LogP contribution in [0.4, 0.5) is 5.69 Å². The molecule has 7 heteroatoms. The standard InChI is InChI=1S/C19H16BrN3O2S/c1-25-17-5-3-2-4-16(17)21-18(24)12-26-19-11-10-15(22-23-19)13-6-8-14(20)9-7-13/h2-11H,12H2,1H3,(H,21,24). The second-order valence-electron chi connectivity index (χ2n) is 5.30. The number of nitrogens with one attached hydrogen (secondary N) is 1. The Morgan fingerprint density at radius 1 is 1.08 bits per heavy atom. The van der Waals surface area contributed by atoms with Gasteiger partial charge < -0.3 is 10.1 Å². The Bertz CT molecular complexity index is 886. The number of aromatic nitrogens is 2. The smallest absolute Gasteiger partial charge is 0.234 e. The van der Waals surface area contributed by atoms with Crippen LogP contribution < -0.4 is 10.1 Å². The van der Waals surface area contributed by atoms with E-state index in [9.17, 15) is 4.79 Å². The van der Waals surface area contributed by atoms with E-state index in [4.69, 9.17) is 4.74 Å². The van der Waals surface area contributed by atoms with Crippen molar-refractivity contribution in [3.05, 3.63) is 65.1 Å². The lowest BCUT2D eigenvalue weighted by atomic mass is 10.1. The minimum Gasteiger partial charge on any atom is -0.495 e. The maximum Gasteiger partial charge on any atom is 0.234 e. The van der Waals surface area contributed by atoms with E-state index in [1.807, 2.05) is 48.5 Å². The fourth-order valence-corrected chi connectivity index (χ4v) is 3.12. The molecule has 1 N–H and O–H groups in total. The van der Waals surface area contributed by atoms with Gasteiger partial charge in [-0.2, -0.15) is 0 Å². The number of methoxy groups -OCH3 is 1. The summed E-state index contributed by atoms with van der Waals surface area (Å²) < 4.78 is 6.24. The Morgan fingerprint density at radius 2 is 1.85 bits per heavy atom. The topological polar surface area (TPSA) is 64.1 Å². The van der Waals surface area contributed by atoms with Crippen molar-refractivity contribution in [1.82, 2.24) is 10.2 Å². The third-order valence-electron chi connectivity index (χ3n) is 3.51. The quantitative estimate of drug-likeness (QED) is 0.577. The van der Waals surface area contributed by atoms with Gasteiger partial charge in [-0.05, 0) is 36.4 Å². The van der Waals surface area contributed by atoms with Crippen molar-refractivity contribution in [2.75, 3.05) is 18.2 Å². The Morgan fingerprint density at radius 3 is 2.54 bits per heavy atom. The van der Waals surface area contributed by atoms with Gasteiger partial charge in [0.05, 0.1) is 24.2 Å². The van der Waals surface area contributed by atoms with Crippen LogP contribution in [0.1, 0.15) is 0 Å². The summed E-state index contributed by atoms with van der Waals surface area (Å²) in [5.41, 5.74) is 2.43. The molecule has 3 rings (SSSR count). The molecule has 26 heavy (non-hydrogen) atoms. The number of rotatable bonds is 6. The predicted octanol–water partition coefficient (Wildman–Crippen LogP) is 4.65. The van der Waals surface area contributed by atoms with Crippen molar-refractivity contribution >= 4 is 39.3 Å². The molecule has 0 saturated carbocycles. The first-order valence-corrected chi connectivity index (χ1v) is 9.59. The molecule has 0 aliphatic heterocycles. The van der Waals surface area contributed by atoms with E-state index in [-0.39, 0.29) is 11.7 Å². The fraction of sp³-hybridized carbons (Fsp3) is 0.105. The molecule has 0 aliphatic rings. The lowest BCUT2D eigenvalue weighted by Crippen LogP contribution is -2.14. The number of carbonyl (C=O) groups is 1. The lowest BCUT2D eigenvalue weighted by molar-refractivity contribution is -0.113. The lowest BCUT2D eigenvalue weighted by Gasteiger charge is -2.09. The number of anilines is 1. The average molecular weight is 430 g/mol. The molecule has 0 saturated heterocycles. The number of carbonyl (C=O) groups excluding carboxylic acids is 1. The second-order valence-corrected chi connectivity index (χ2v) is 7.21. The van der Waals surface area contributed by atoms with Gasteiger partial charge >= 0.3 is 0 Å². The highest BCUT2D eigenvalue weighted by molar-refractivity contribution is 9.10. The van der Waals surface area contributed by atoms with Crippen molar-refractivity contribution in [2.24, 2.45) is 0 Å². The van der Waals surface area contributed by atoms with Crippen LogP contribution in [0, 0.1) is 0 Å². The Hall–Kier alpha value is -2.38. The van der Waals surface area contributed by atoms with E-state index >= 15 is 0 Å². The minimum absolute atomic E-state index is 0.127. The molecule has 1 aromatic heterocycles.